The van der Waals surface area contributed by atoms with Gasteiger partial charge in [0.15, 0.2) is 0 Å². The van der Waals surface area contributed by atoms with Crippen LogP contribution >= 0.6 is 0 Å². The van der Waals surface area contributed by atoms with Gasteiger partial charge in [-0.1, -0.05) is 18.2 Å². The molecule has 3 aromatic rings. The van der Waals surface area contributed by atoms with Gasteiger partial charge in [-0.25, -0.2) is 8.42 Å². The molecule has 7 nitrogen and oxygen atoms in total. The smallest absolute Gasteiger partial charge is 0.267 e. The lowest BCUT2D eigenvalue weighted by atomic mass is 9.98. The summed E-state index contributed by atoms with van der Waals surface area (Å²) in [7, 11) is -1.97. The average Bonchev–Trinajstić information content (AvgIpc) is 3.22. The molecule has 0 radical (unpaired) electrons. The van der Waals surface area contributed by atoms with Gasteiger partial charge in [0.25, 0.3) is 5.91 Å². The number of carbonyl (C=O) groups is 1. The largest absolute Gasteiger partial charge is 0.497 e. The molecular formula is C22H25N3O4S. The summed E-state index contributed by atoms with van der Waals surface area (Å²) in [6.45, 7) is 1.42. The van der Waals surface area contributed by atoms with Crippen molar-refractivity contribution >= 4 is 26.8 Å². The van der Waals surface area contributed by atoms with Gasteiger partial charge in [-0.15, -0.1) is 0 Å². The molecule has 0 saturated carbocycles. The lowest BCUT2D eigenvalue weighted by Gasteiger charge is -2.31. The highest BCUT2D eigenvalue weighted by molar-refractivity contribution is 7.89. The molecule has 1 aliphatic rings. The van der Waals surface area contributed by atoms with Crippen molar-refractivity contribution < 1.29 is 17.9 Å². The molecule has 1 fully saturated rings. The van der Waals surface area contributed by atoms with E-state index in [2.05, 4.69) is 10.3 Å². The zero-order chi connectivity index (χ0) is 21.1. The molecule has 0 aliphatic carbocycles. The first-order valence-corrected chi connectivity index (χ1v) is 11.4. The number of hydrogen-bond donors (Lipinski definition) is 2. The quantitative estimate of drug-likeness (QED) is 0.633. The van der Waals surface area contributed by atoms with Crippen LogP contribution in [0.1, 0.15) is 23.3 Å². The molecule has 1 aliphatic heterocycles. The van der Waals surface area contributed by atoms with Gasteiger partial charge in [0.1, 0.15) is 11.4 Å². The third-order valence-electron chi connectivity index (χ3n) is 5.60. The van der Waals surface area contributed by atoms with Crippen molar-refractivity contribution in [1.82, 2.24) is 14.6 Å². The molecule has 1 saturated heterocycles. The van der Waals surface area contributed by atoms with E-state index in [0.717, 1.165) is 10.9 Å². The Hall–Kier alpha value is -2.84. The Morgan fingerprint density at radius 2 is 1.83 bits per heavy atom. The molecule has 8 heteroatoms. The van der Waals surface area contributed by atoms with Crippen LogP contribution in [-0.4, -0.2) is 50.4 Å². The van der Waals surface area contributed by atoms with Gasteiger partial charge >= 0.3 is 0 Å². The number of fused-ring (bicyclic) bond motifs is 1. The van der Waals surface area contributed by atoms with Gasteiger partial charge in [0, 0.05) is 30.5 Å². The second-order valence-electron chi connectivity index (χ2n) is 7.50. The summed E-state index contributed by atoms with van der Waals surface area (Å²) >= 11 is 0. The number of carbonyl (C=O) groups excluding carboxylic acids is 1. The summed E-state index contributed by atoms with van der Waals surface area (Å²) in [6, 6.07) is 16.0. The van der Waals surface area contributed by atoms with Gasteiger partial charge in [0.2, 0.25) is 10.0 Å². The number of rotatable bonds is 6. The maximum atomic E-state index is 12.8. The van der Waals surface area contributed by atoms with E-state index in [0.29, 0.717) is 43.9 Å². The van der Waals surface area contributed by atoms with Crippen LogP contribution in [0.2, 0.25) is 0 Å². The number of ether oxygens (including phenoxy) is 1. The van der Waals surface area contributed by atoms with Crippen LogP contribution in [-0.2, 0) is 10.0 Å². The summed E-state index contributed by atoms with van der Waals surface area (Å²) in [5.74, 6) is 0.735. The predicted octanol–water partition coefficient (Wildman–Crippen LogP) is 3.01. The number of methoxy groups -OCH3 is 1. The Labute approximate surface area is 176 Å². The second-order valence-corrected chi connectivity index (χ2v) is 9.44. The first-order chi connectivity index (χ1) is 14.5. The van der Waals surface area contributed by atoms with Crippen molar-refractivity contribution in [2.75, 3.05) is 26.7 Å². The van der Waals surface area contributed by atoms with Crippen LogP contribution < -0.4 is 10.1 Å². The van der Waals surface area contributed by atoms with E-state index < -0.39 is 10.0 Å². The number of hydrogen-bond acceptors (Lipinski definition) is 4. The van der Waals surface area contributed by atoms with E-state index in [1.165, 1.54) is 4.31 Å². The number of nitrogens with zero attached hydrogens (tertiary/aromatic N) is 1. The summed E-state index contributed by atoms with van der Waals surface area (Å²) < 4.78 is 32.3. The number of para-hydroxylation sites is 1. The molecule has 4 rings (SSSR count). The Kier molecular flexibility index (Phi) is 5.78. The fourth-order valence-corrected chi connectivity index (χ4v) is 5.25. The van der Waals surface area contributed by atoms with Crippen molar-refractivity contribution in [3.05, 3.63) is 60.3 Å². The molecule has 0 atom stereocenters. The Morgan fingerprint density at radius 3 is 2.50 bits per heavy atom. The Bertz CT molecular complexity index is 1100. The molecule has 2 aromatic carbocycles. The molecule has 2 heterocycles. The molecule has 2 N–H and O–H groups in total. The molecule has 0 bridgehead atoms. The minimum Gasteiger partial charge on any atom is -0.497 e. The summed E-state index contributed by atoms with van der Waals surface area (Å²) in [5, 5.41) is 3.98. The number of nitrogens with one attached hydrogen (secondary N) is 2. The number of sulfonamides is 1. The van der Waals surface area contributed by atoms with Gasteiger partial charge in [0.05, 0.1) is 12.0 Å². The van der Waals surface area contributed by atoms with Crippen molar-refractivity contribution in [2.45, 2.75) is 17.7 Å². The molecule has 158 valence electrons. The Morgan fingerprint density at radius 1 is 1.13 bits per heavy atom. The highest BCUT2D eigenvalue weighted by atomic mass is 32.2. The third-order valence-corrected chi connectivity index (χ3v) is 7.51. The van der Waals surface area contributed by atoms with Crippen molar-refractivity contribution in [2.24, 2.45) is 5.92 Å². The number of aromatic nitrogens is 1. The van der Waals surface area contributed by atoms with Crippen LogP contribution in [0.3, 0.4) is 0 Å². The fourth-order valence-electron chi connectivity index (χ4n) is 3.78. The number of benzene rings is 2. The lowest BCUT2D eigenvalue weighted by Crippen LogP contribution is -2.41. The second kappa shape index (κ2) is 8.49. The zero-order valence-corrected chi connectivity index (χ0v) is 17.6. The average molecular weight is 428 g/mol. The first-order valence-electron chi connectivity index (χ1n) is 9.97. The molecule has 30 heavy (non-hydrogen) atoms. The summed E-state index contributed by atoms with van der Waals surface area (Å²) in [4.78, 5) is 15.9. The predicted molar refractivity (Wildman–Crippen MR) is 115 cm³/mol. The highest BCUT2D eigenvalue weighted by Gasteiger charge is 2.29. The van der Waals surface area contributed by atoms with Crippen LogP contribution in [0.5, 0.6) is 5.75 Å². The van der Waals surface area contributed by atoms with Gasteiger partial charge in [-0.2, -0.15) is 4.31 Å². The molecular weight excluding hydrogens is 402 g/mol. The van der Waals surface area contributed by atoms with Crippen LogP contribution in [0.25, 0.3) is 10.9 Å². The monoisotopic (exact) mass is 427 g/mol. The van der Waals surface area contributed by atoms with Crippen molar-refractivity contribution in [3.63, 3.8) is 0 Å². The molecule has 1 aromatic heterocycles. The standard InChI is InChI=1S/C22H25N3O4S/c1-29-18-6-8-19(9-7-18)30(27,28)25-12-10-16(11-13-25)15-23-22(26)21-14-17-4-2-3-5-20(17)24-21/h2-9,14,16,24H,10-13,15H2,1H3,(H,23,26). The van der Waals surface area contributed by atoms with Gasteiger partial charge in [-0.05, 0) is 55.2 Å². The first kappa shape index (κ1) is 20.4. The van der Waals surface area contributed by atoms with E-state index in [-0.39, 0.29) is 16.7 Å². The maximum absolute atomic E-state index is 12.8. The molecule has 0 unspecified atom stereocenters. The van der Waals surface area contributed by atoms with E-state index in [9.17, 15) is 13.2 Å². The van der Waals surface area contributed by atoms with Gasteiger partial charge in [-0.3, -0.25) is 4.79 Å². The molecule has 0 spiro atoms. The maximum Gasteiger partial charge on any atom is 0.267 e. The summed E-state index contributed by atoms with van der Waals surface area (Å²) in [5.41, 5.74) is 1.47. The third kappa shape index (κ3) is 4.20. The highest BCUT2D eigenvalue weighted by Crippen LogP contribution is 2.25. The SMILES string of the molecule is COc1ccc(S(=O)(=O)N2CCC(CNC(=O)c3cc4ccccc4[nH]3)CC2)cc1. The topological polar surface area (TPSA) is 91.5 Å². The number of piperidine rings is 1. The normalized spacial score (nSPS) is 15.9. The number of H-pyrrole nitrogens is 1. The number of aromatic amines is 1. The Balaban J connectivity index is 1.31. The summed E-state index contributed by atoms with van der Waals surface area (Å²) in [6.07, 6.45) is 1.42. The lowest BCUT2D eigenvalue weighted by molar-refractivity contribution is 0.0937. The molecule has 1 amide bonds. The zero-order valence-electron chi connectivity index (χ0n) is 16.8. The van der Waals surface area contributed by atoms with Crippen LogP contribution in [0.15, 0.2) is 59.5 Å². The van der Waals surface area contributed by atoms with E-state index in [1.54, 1.807) is 31.4 Å². The van der Waals surface area contributed by atoms with Crippen molar-refractivity contribution in [3.8, 4) is 5.75 Å². The van der Waals surface area contributed by atoms with Gasteiger partial charge < -0.3 is 15.0 Å². The van der Waals surface area contributed by atoms with Crippen molar-refractivity contribution in [1.29, 1.82) is 0 Å². The van der Waals surface area contributed by atoms with Crippen LogP contribution in [0.4, 0.5) is 0 Å². The number of amides is 1. The van der Waals surface area contributed by atoms with Crippen LogP contribution in [0, 0.1) is 5.92 Å². The minimum absolute atomic E-state index is 0.139. The van der Waals surface area contributed by atoms with E-state index in [1.807, 2.05) is 30.3 Å². The van der Waals surface area contributed by atoms with E-state index in [4.69, 9.17) is 4.74 Å². The minimum atomic E-state index is -3.51. The van der Waals surface area contributed by atoms with E-state index >= 15 is 0 Å². The fraction of sp³-hybridized carbons (Fsp3) is 0.318.